The maximum Gasteiger partial charge on any atom is 0.253 e. The van der Waals surface area contributed by atoms with Crippen molar-refractivity contribution in [1.29, 1.82) is 5.26 Å². The van der Waals surface area contributed by atoms with Gasteiger partial charge in [-0.15, -0.1) is 0 Å². The first kappa shape index (κ1) is 19.7. The number of nitriles is 1. The smallest absolute Gasteiger partial charge is 0.253 e. The highest BCUT2D eigenvalue weighted by molar-refractivity contribution is 9.10. The van der Waals surface area contributed by atoms with Crippen LogP contribution in [0.1, 0.15) is 27.2 Å². The third-order valence-electron chi connectivity index (χ3n) is 3.87. The minimum Gasteiger partial charge on any atom is -0.355 e. The molecule has 1 N–H and O–H groups in total. The van der Waals surface area contributed by atoms with E-state index in [1.165, 1.54) is 13.1 Å². The molecule has 0 aliphatic heterocycles. The molecule has 2 heterocycles. The van der Waals surface area contributed by atoms with Crippen LogP contribution in [0.25, 0.3) is 5.82 Å². The van der Waals surface area contributed by atoms with Gasteiger partial charge in [0, 0.05) is 19.3 Å². The molecule has 0 aliphatic rings. The van der Waals surface area contributed by atoms with Crippen molar-refractivity contribution in [2.75, 3.05) is 7.05 Å². The molecule has 3 aromatic rings. The van der Waals surface area contributed by atoms with Gasteiger partial charge in [-0.2, -0.15) is 10.4 Å². The van der Waals surface area contributed by atoms with Crippen LogP contribution in [0.15, 0.2) is 46.1 Å². The number of pyridine rings is 1. The molecule has 1 aromatic carbocycles. The Hall–Kier alpha value is -3.02. The van der Waals surface area contributed by atoms with E-state index in [0.29, 0.717) is 43.5 Å². The number of aromatic nitrogens is 3. The zero-order valence-electron chi connectivity index (χ0n) is 14.9. The Labute approximate surface area is 174 Å². The first-order valence-corrected chi connectivity index (χ1v) is 9.29. The minimum absolute atomic E-state index is 0.316. The van der Waals surface area contributed by atoms with Gasteiger partial charge in [-0.1, -0.05) is 11.6 Å². The number of amides is 1. The Morgan fingerprint density at radius 2 is 2.21 bits per heavy atom. The fraction of sp³-hybridized carbons (Fsp3) is 0.105. The van der Waals surface area contributed by atoms with Crippen LogP contribution < -0.4 is 5.32 Å². The predicted molar refractivity (Wildman–Crippen MR) is 111 cm³/mol. The Kier molecular flexibility index (Phi) is 5.87. The lowest BCUT2D eigenvalue weighted by atomic mass is 10.0. The number of nitrogens with one attached hydrogen (secondary N) is 1. The summed E-state index contributed by atoms with van der Waals surface area (Å²) in [5, 5.41) is 16.5. The monoisotopic (exact) mass is 456 g/mol. The van der Waals surface area contributed by atoms with Crippen molar-refractivity contribution in [3.05, 3.63) is 68.5 Å². The van der Waals surface area contributed by atoms with Gasteiger partial charge in [-0.25, -0.2) is 9.67 Å². The summed E-state index contributed by atoms with van der Waals surface area (Å²) < 4.78 is 2.13. The molecule has 0 unspecified atom stereocenters. The standard InChI is InChI=1S/C19H14BrClN6O/c1-11-6-12(9-22)7-14(19(28)23-2)17(11)25-10-13-8-16(20)26-27(13)18-15(21)4-3-5-24-18/h3-8,10H,1-2H3,(H,23,28)/b25-10+. The molecule has 0 aliphatic carbocycles. The van der Waals surface area contributed by atoms with E-state index in [0.717, 1.165) is 0 Å². The summed E-state index contributed by atoms with van der Waals surface area (Å²) in [6.45, 7) is 1.79. The molecule has 9 heteroatoms. The lowest BCUT2D eigenvalue weighted by molar-refractivity contribution is 0.0963. The molecule has 0 fully saturated rings. The molecule has 7 nitrogen and oxygen atoms in total. The van der Waals surface area contributed by atoms with Crippen LogP contribution in [0.2, 0.25) is 5.02 Å². The number of benzene rings is 1. The SMILES string of the molecule is CNC(=O)c1cc(C#N)cc(C)c1/N=C/c1cc(Br)nn1-c1ncccc1Cl. The molecule has 140 valence electrons. The summed E-state index contributed by atoms with van der Waals surface area (Å²) in [7, 11) is 1.53. The molecule has 0 saturated carbocycles. The topological polar surface area (TPSA) is 96.0 Å². The third-order valence-corrected chi connectivity index (χ3v) is 4.56. The van der Waals surface area contributed by atoms with Crippen molar-refractivity contribution in [1.82, 2.24) is 20.1 Å². The molecule has 0 atom stereocenters. The quantitative estimate of drug-likeness (QED) is 0.600. The fourth-order valence-electron chi connectivity index (χ4n) is 2.61. The van der Waals surface area contributed by atoms with Crippen molar-refractivity contribution in [3.8, 4) is 11.9 Å². The third kappa shape index (κ3) is 3.96. The molecular formula is C19H14BrClN6O. The predicted octanol–water partition coefficient (Wildman–Crippen LogP) is 3.97. The van der Waals surface area contributed by atoms with Crippen molar-refractivity contribution in [2.24, 2.45) is 4.99 Å². The van der Waals surface area contributed by atoms with Crippen LogP contribution in [0.5, 0.6) is 0 Å². The number of rotatable bonds is 4. The van der Waals surface area contributed by atoms with Gasteiger partial charge < -0.3 is 5.32 Å². The van der Waals surface area contributed by atoms with E-state index in [4.69, 9.17) is 11.6 Å². The van der Waals surface area contributed by atoms with Gasteiger partial charge in [0.15, 0.2) is 5.82 Å². The first-order valence-electron chi connectivity index (χ1n) is 8.12. The minimum atomic E-state index is -0.324. The van der Waals surface area contributed by atoms with Gasteiger partial charge in [0.05, 0.1) is 39.8 Å². The number of hydrogen-bond donors (Lipinski definition) is 1. The van der Waals surface area contributed by atoms with Gasteiger partial charge in [0.1, 0.15) is 4.60 Å². The number of nitrogens with zero attached hydrogens (tertiary/aromatic N) is 5. The average Bonchev–Trinajstić information content (AvgIpc) is 3.06. The summed E-state index contributed by atoms with van der Waals surface area (Å²) in [4.78, 5) is 21.0. The molecule has 0 bridgehead atoms. The number of hydrogen-bond acceptors (Lipinski definition) is 5. The average molecular weight is 458 g/mol. The van der Waals surface area contributed by atoms with E-state index in [-0.39, 0.29) is 5.91 Å². The van der Waals surface area contributed by atoms with Crippen LogP contribution in [0, 0.1) is 18.3 Å². The van der Waals surface area contributed by atoms with Gasteiger partial charge in [0.2, 0.25) is 0 Å². The summed E-state index contributed by atoms with van der Waals surface area (Å²) in [5.41, 5.74) is 2.49. The molecule has 3 rings (SSSR count). The zero-order chi connectivity index (χ0) is 20.3. The lowest BCUT2D eigenvalue weighted by Crippen LogP contribution is -2.18. The van der Waals surface area contributed by atoms with Gasteiger partial charge in [0.25, 0.3) is 5.91 Å². The summed E-state index contributed by atoms with van der Waals surface area (Å²) in [5.74, 6) is 0.134. The number of carbonyl (C=O) groups excluding carboxylic acids is 1. The largest absolute Gasteiger partial charge is 0.355 e. The molecule has 28 heavy (non-hydrogen) atoms. The summed E-state index contributed by atoms with van der Waals surface area (Å²) in [6.07, 6.45) is 3.19. The maximum absolute atomic E-state index is 12.3. The van der Waals surface area contributed by atoms with Crippen molar-refractivity contribution < 1.29 is 4.79 Å². The van der Waals surface area contributed by atoms with E-state index in [9.17, 15) is 10.1 Å². The maximum atomic E-state index is 12.3. The van der Waals surface area contributed by atoms with Gasteiger partial charge >= 0.3 is 0 Å². The Bertz CT molecular complexity index is 1130. The number of carbonyl (C=O) groups is 1. The second kappa shape index (κ2) is 8.33. The normalized spacial score (nSPS) is 10.8. The van der Waals surface area contributed by atoms with Gasteiger partial charge in [-0.3, -0.25) is 9.79 Å². The fourth-order valence-corrected chi connectivity index (χ4v) is 3.21. The van der Waals surface area contributed by atoms with Crippen LogP contribution >= 0.6 is 27.5 Å². The van der Waals surface area contributed by atoms with Crippen LogP contribution in [-0.2, 0) is 0 Å². The Morgan fingerprint density at radius 3 is 2.89 bits per heavy atom. The highest BCUT2D eigenvalue weighted by Crippen LogP contribution is 2.27. The molecule has 0 spiro atoms. The van der Waals surface area contributed by atoms with E-state index in [1.54, 1.807) is 48.3 Å². The molecule has 0 radical (unpaired) electrons. The van der Waals surface area contributed by atoms with E-state index in [2.05, 4.69) is 42.4 Å². The van der Waals surface area contributed by atoms with Crippen molar-refractivity contribution >= 4 is 45.3 Å². The Balaban J connectivity index is 2.11. The Morgan fingerprint density at radius 1 is 1.43 bits per heavy atom. The van der Waals surface area contributed by atoms with E-state index in [1.807, 2.05) is 0 Å². The van der Waals surface area contributed by atoms with Crippen molar-refractivity contribution in [2.45, 2.75) is 6.92 Å². The van der Waals surface area contributed by atoms with E-state index >= 15 is 0 Å². The summed E-state index contributed by atoms with van der Waals surface area (Å²) >= 11 is 9.58. The van der Waals surface area contributed by atoms with Gasteiger partial charge in [-0.05, 0) is 52.7 Å². The molecule has 0 saturated heterocycles. The second-order valence-electron chi connectivity index (χ2n) is 5.75. The van der Waals surface area contributed by atoms with Crippen LogP contribution in [0.3, 0.4) is 0 Å². The number of halogens is 2. The molecular weight excluding hydrogens is 444 g/mol. The highest BCUT2D eigenvalue weighted by atomic mass is 79.9. The van der Waals surface area contributed by atoms with Crippen molar-refractivity contribution in [3.63, 3.8) is 0 Å². The molecule has 2 aromatic heterocycles. The highest BCUT2D eigenvalue weighted by Gasteiger charge is 2.15. The molecule has 1 amide bonds. The second-order valence-corrected chi connectivity index (χ2v) is 6.97. The lowest BCUT2D eigenvalue weighted by Gasteiger charge is -2.09. The van der Waals surface area contributed by atoms with E-state index < -0.39 is 0 Å². The number of aryl methyl sites for hydroxylation is 1. The number of aliphatic imine (C=N–C) groups is 1. The van der Waals surface area contributed by atoms with Crippen LogP contribution in [-0.4, -0.2) is 33.9 Å². The zero-order valence-corrected chi connectivity index (χ0v) is 17.3. The summed E-state index contributed by atoms with van der Waals surface area (Å²) in [6, 6.07) is 10.5. The van der Waals surface area contributed by atoms with Crippen LogP contribution in [0.4, 0.5) is 5.69 Å². The first-order chi connectivity index (χ1) is 13.4.